The van der Waals surface area contributed by atoms with Gasteiger partial charge in [0, 0.05) is 0 Å². The lowest BCUT2D eigenvalue weighted by Gasteiger charge is -2.10. The van der Waals surface area contributed by atoms with Gasteiger partial charge in [0.2, 0.25) is 0 Å². The second kappa shape index (κ2) is 8.81. The average Bonchev–Trinajstić information content (AvgIpc) is 2.06. The Labute approximate surface area is 80.1 Å². The molecular weight excluding hydrogens is 178 g/mol. The summed E-state index contributed by atoms with van der Waals surface area (Å²) >= 11 is 0. The average molecular weight is 196 g/mol. The Morgan fingerprint density at radius 3 is 2.25 bits per heavy atom. The van der Waals surface area contributed by atoms with Crippen LogP contribution in [0.3, 0.4) is 0 Å². The minimum Gasteiger partial charge on any atom is -1.00 e. The zero-order chi connectivity index (χ0) is 8.69. The highest BCUT2D eigenvalue weighted by Gasteiger charge is 2.07. The molecule has 4 heteroatoms. The van der Waals surface area contributed by atoms with Crippen LogP contribution in [0.5, 0.6) is 0 Å². The van der Waals surface area contributed by atoms with Crippen molar-refractivity contribution in [2.75, 3.05) is 13.2 Å². The number of carbonyl (C=O) groups excluding carboxylic acids is 1. The van der Waals surface area contributed by atoms with Gasteiger partial charge in [-0.2, -0.15) is 0 Å². The molecule has 3 nitrogen and oxygen atoms in total. The van der Waals surface area contributed by atoms with Gasteiger partial charge in [-0.25, -0.2) is 4.79 Å². The molecule has 12 heavy (non-hydrogen) atoms. The largest absolute Gasteiger partial charge is 1.00 e. The second-order valence-electron chi connectivity index (χ2n) is 2.62. The molecule has 0 aromatic rings. The Morgan fingerprint density at radius 2 is 1.92 bits per heavy atom. The number of halogens is 1. The standard InChI is InChI=1S/C8H17NO2.ClH/c1-3-7(4-2)6-11-8(10)5-9;/h7H,3-6,9H2,1-2H3;1H. The Bertz CT molecular complexity index is 116. The summed E-state index contributed by atoms with van der Waals surface area (Å²) in [5.41, 5.74) is 3.44. The lowest BCUT2D eigenvalue weighted by atomic mass is 10.1. The molecule has 0 aliphatic carbocycles. The third-order valence-electron chi connectivity index (χ3n) is 1.84. The minimum absolute atomic E-state index is 0. The molecule has 0 aliphatic rings. The van der Waals surface area contributed by atoms with E-state index in [9.17, 15) is 4.79 Å². The predicted octanol–water partition coefficient (Wildman–Crippen LogP) is -2.79. The van der Waals surface area contributed by atoms with Crippen molar-refractivity contribution in [3.05, 3.63) is 0 Å². The fourth-order valence-corrected chi connectivity index (χ4v) is 0.807. The van der Waals surface area contributed by atoms with Gasteiger partial charge >= 0.3 is 5.97 Å². The molecule has 0 saturated heterocycles. The summed E-state index contributed by atoms with van der Waals surface area (Å²) in [6, 6.07) is 0. The molecule has 0 aromatic carbocycles. The maximum atomic E-state index is 10.7. The number of quaternary nitrogens is 1. The molecule has 0 aromatic heterocycles. The first-order chi connectivity index (χ1) is 5.24. The normalized spacial score (nSPS) is 9.33. The SMILES string of the molecule is CCC(CC)COC(=O)C[NH3+].[Cl-]. The predicted molar refractivity (Wildman–Crippen MR) is 42.8 cm³/mol. The van der Waals surface area contributed by atoms with Crippen molar-refractivity contribution in [3.8, 4) is 0 Å². The fraction of sp³-hybridized carbons (Fsp3) is 0.875. The van der Waals surface area contributed by atoms with Crippen molar-refractivity contribution in [1.29, 1.82) is 0 Å². The summed E-state index contributed by atoms with van der Waals surface area (Å²) in [7, 11) is 0. The summed E-state index contributed by atoms with van der Waals surface area (Å²) in [6.07, 6.45) is 2.14. The Kier molecular flexibility index (Phi) is 10.5. The maximum absolute atomic E-state index is 10.7. The Balaban J connectivity index is 0. The highest BCUT2D eigenvalue weighted by atomic mass is 35.5. The Hall–Kier alpha value is -0.280. The van der Waals surface area contributed by atoms with Crippen LogP contribution in [0.4, 0.5) is 0 Å². The quantitative estimate of drug-likeness (QED) is 0.483. The number of esters is 1. The van der Waals surface area contributed by atoms with Crippen LogP contribution < -0.4 is 18.1 Å². The van der Waals surface area contributed by atoms with E-state index in [2.05, 4.69) is 19.6 Å². The van der Waals surface area contributed by atoms with E-state index in [1.807, 2.05) is 0 Å². The third kappa shape index (κ3) is 6.43. The van der Waals surface area contributed by atoms with Gasteiger partial charge in [0.25, 0.3) is 0 Å². The zero-order valence-electron chi connectivity index (χ0n) is 7.81. The number of carbonyl (C=O) groups is 1. The van der Waals surface area contributed by atoms with Crippen LogP contribution >= 0.6 is 0 Å². The monoisotopic (exact) mass is 195 g/mol. The maximum Gasteiger partial charge on any atom is 0.361 e. The summed E-state index contributed by atoms with van der Waals surface area (Å²) < 4.78 is 4.93. The van der Waals surface area contributed by atoms with Crippen LogP contribution in [0.25, 0.3) is 0 Å². The number of ether oxygens (including phenoxy) is 1. The highest BCUT2D eigenvalue weighted by Crippen LogP contribution is 2.06. The van der Waals surface area contributed by atoms with Gasteiger partial charge in [0.15, 0.2) is 6.54 Å². The summed E-state index contributed by atoms with van der Waals surface area (Å²) in [5.74, 6) is 0.322. The van der Waals surface area contributed by atoms with Crippen molar-refractivity contribution in [3.63, 3.8) is 0 Å². The first-order valence-electron chi connectivity index (χ1n) is 4.19. The van der Waals surface area contributed by atoms with Gasteiger partial charge in [-0.15, -0.1) is 0 Å². The summed E-state index contributed by atoms with van der Waals surface area (Å²) in [6.45, 7) is 5.00. The molecule has 0 amide bonds. The van der Waals surface area contributed by atoms with E-state index in [1.165, 1.54) is 0 Å². The molecule has 0 spiro atoms. The van der Waals surface area contributed by atoms with E-state index >= 15 is 0 Å². The Morgan fingerprint density at radius 1 is 1.42 bits per heavy atom. The van der Waals surface area contributed by atoms with E-state index in [0.29, 0.717) is 12.5 Å². The van der Waals surface area contributed by atoms with Gasteiger partial charge < -0.3 is 22.9 Å². The third-order valence-corrected chi connectivity index (χ3v) is 1.84. The van der Waals surface area contributed by atoms with Gasteiger partial charge in [0.1, 0.15) is 0 Å². The van der Waals surface area contributed by atoms with Crippen LogP contribution in [0.15, 0.2) is 0 Å². The van der Waals surface area contributed by atoms with Crippen LogP contribution in [-0.2, 0) is 9.53 Å². The molecule has 0 bridgehead atoms. The van der Waals surface area contributed by atoms with Crippen LogP contribution in [0.1, 0.15) is 26.7 Å². The fourth-order valence-electron chi connectivity index (χ4n) is 0.807. The van der Waals surface area contributed by atoms with Crippen LogP contribution in [0.2, 0.25) is 0 Å². The first kappa shape index (κ1) is 14.3. The van der Waals surface area contributed by atoms with E-state index < -0.39 is 0 Å². The van der Waals surface area contributed by atoms with Crippen molar-refractivity contribution in [2.45, 2.75) is 26.7 Å². The molecule has 3 N–H and O–H groups in total. The molecule has 0 atom stereocenters. The van der Waals surface area contributed by atoms with E-state index in [-0.39, 0.29) is 24.9 Å². The molecule has 0 heterocycles. The number of rotatable bonds is 5. The first-order valence-corrected chi connectivity index (χ1v) is 4.19. The molecule has 0 saturated carbocycles. The molecule has 0 fully saturated rings. The molecule has 0 rings (SSSR count). The molecule has 74 valence electrons. The topological polar surface area (TPSA) is 53.9 Å². The van der Waals surface area contributed by atoms with Crippen molar-refractivity contribution in [2.24, 2.45) is 5.92 Å². The smallest absolute Gasteiger partial charge is 0.361 e. The lowest BCUT2D eigenvalue weighted by molar-refractivity contribution is -0.359. The zero-order valence-corrected chi connectivity index (χ0v) is 8.56. The van der Waals surface area contributed by atoms with E-state index in [4.69, 9.17) is 4.74 Å². The number of hydrogen-bond donors (Lipinski definition) is 1. The minimum atomic E-state index is -0.197. The molecule has 0 radical (unpaired) electrons. The van der Waals surface area contributed by atoms with Gasteiger partial charge in [-0.1, -0.05) is 26.7 Å². The van der Waals surface area contributed by atoms with Gasteiger partial charge in [-0.05, 0) is 5.92 Å². The lowest BCUT2D eigenvalue weighted by Crippen LogP contribution is -3.00. The van der Waals surface area contributed by atoms with Crippen molar-refractivity contribution >= 4 is 5.97 Å². The van der Waals surface area contributed by atoms with Gasteiger partial charge in [0.05, 0.1) is 6.61 Å². The van der Waals surface area contributed by atoms with Crippen molar-refractivity contribution in [1.82, 2.24) is 0 Å². The van der Waals surface area contributed by atoms with Crippen LogP contribution in [0, 0.1) is 5.92 Å². The highest BCUT2D eigenvalue weighted by molar-refractivity contribution is 5.69. The summed E-state index contributed by atoms with van der Waals surface area (Å²) in [4.78, 5) is 10.7. The van der Waals surface area contributed by atoms with E-state index in [0.717, 1.165) is 12.8 Å². The summed E-state index contributed by atoms with van der Waals surface area (Å²) in [5, 5.41) is 0. The van der Waals surface area contributed by atoms with Crippen molar-refractivity contribution < 1.29 is 27.7 Å². The van der Waals surface area contributed by atoms with Crippen LogP contribution in [-0.4, -0.2) is 19.1 Å². The van der Waals surface area contributed by atoms with Gasteiger partial charge in [-0.3, -0.25) is 0 Å². The second-order valence-corrected chi connectivity index (χ2v) is 2.62. The molecule has 0 aliphatic heterocycles. The molecule has 0 unspecified atom stereocenters. The van der Waals surface area contributed by atoms with E-state index in [1.54, 1.807) is 0 Å². The number of hydrogen-bond acceptors (Lipinski definition) is 2. The molecular formula is C8H18ClNO2.